The van der Waals surface area contributed by atoms with E-state index in [2.05, 4.69) is 6.92 Å². The first-order chi connectivity index (χ1) is 7.76. The molecule has 90 valence electrons. The lowest BCUT2D eigenvalue weighted by molar-refractivity contribution is 0.317. The molecule has 0 saturated heterocycles. The highest BCUT2D eigenvalue weighted by atomic mass is 35.5. The molecule has 1 nitrogen and oxygen atoms in total. The van der Waals surface area contributed by atoms with Gasteiger partial charge in [-0.25, -0.2) is 4.39 Å². The zero-order valence-electron chi connectivity index (χ0n) is 9.34. The molecule has 0 bridgehead atoms. The number of hydrogen-bond acceptors (Lipinski definition) is 2. The molecule has 4 heteroatoms. The van der Waals surface area contributed by atoms with E-state index in [-0.39, 0.29) is 5.82 Å². The number of rotatable bonds is 7. The number of alkyl halides is 1. The largest absolute Gasteiger partial charge is 0.493 e. The van der Waals surface area contributed by atoms with Gasteiger partial charge in [0.15, 0.2) is 0 Å². The summed E-state index contributed by atoms with van der Waals surface area (Å²) in [6.07, 6.45) is 0.977. The molecule has 0 aliphatic heterocycles. The van der Waals surface area contributed by atoms with Gasteiger partial charge in [0.25, 0.3) is 0 Å². The Morgan fingerprint density at radius 3 is 2.88 bits per heavy atom. The maximum Gasteiger partial charge on any atom is 0.127 e. The normalized spacial score (nSPS) is 10.4. The van der Waals surface area contributed by atoms with Gasteiger partial charge in [0.1, 0.15) is 11.6 Å². The van der Waals surface area contributed by atoms with Crippen LogP contribution in [0.4, 0.5) is 4.39 Å². The van der Waals surface area contributed by atoms with E-state index in [0.717, 1.165) is 23.5 Å². The summed E-state index contributed by atoms with van der Waals surface area (Å²) in [7, 11) is 0. The second-order valence-corrected chi connectivity index (χ2v) is 4.99. The number of ether oxygens (including phenoxy) is 1. The molecule has 0 heterocycles. The van der Waals surface area contributed by atoms with Crippen molar-refractivity contribution in [3.05, 3.63) is 29.6 Å². The lowest BCUT2D eigenvalue weighted by Crippen LogP contribution is -1.99. The van der Waals surface area contributed by atoms with Gasteiger partial charge >= 0.3 is 0 Å². The average Bonchev–Trinajstić information content (AvgIpc) is 2.28. The van der Waals surface area contributed by atoms with Crippen LogP contribution < -0.4 is 4.74 Å². The third-order valence-electron chi connectivity index (χ3n) is 1.99. The van der Waals surface area contributed by atoms with E-state index in [4.69, 9.17) is 16.3 Å². The predicted octanol–water partition coefficient (Wildman–Crippen LogP) is 4.09. The van der Waals surface area contributed by atoms with Crippen LogP contribution in [-0.2, 0) is 5.88 Å². The molecule has 16 heavy (non-hydrogen) atoms. The summed E-state index contributed by atoms with van der Waals surface area (Å²) in [5.74, 6) is 2.78. The van der Waals surface area contributed by atoms with E-state index in [9.17, 15) is 4.39 Å². The summed E-state index contributed by atoms with van der Waals surface area (Å²) in [5, 5.41) is 0. The fourth-order valence-corrected chi connectivity index (χ4v) is 2.04. The van der Waals surface area contributed by atoms with Gasteiger partial charge in [0.2, 0.25) is 0 Å². The van der Waals surface area contributed by atoms with E-state index in [0.29, 0.717) is 18.2 Å². The van der Waals surface area contributed by atoms with Crippen LogP contribution in [0.15, 0.2) is 18.2 Å². The number of benzene rings is 1. The molecular formula is C12H16ClFOS. The minimum absolute atomic E-state index is 0.295. The summed E-state index contributed by atoms with van der Waals surface area (Å²) in [6.45, 7) is 2.75. The van der Waals surface area contributed by atoms with E-state index in [1.807, 2.05) is 11.8 Å². The van der Waals surface area contributed by atoms with Crippen molar-refractivity contribution >= 4 is 23.4 Å². The van der Waals surface area contributed by atoms with Gasteiger partial charge in [-0.05, 0) is 35.6 Å². The highest BCUT2D eigenvalue weighted by molar-refractivity contribution is 7.99. The first-order valence-corrected chi connectivity index (χ1v) is 7.01. The Kier molecular flexibility index (Phi) is 6.65. The van der Waals surface area contributed by atoms with Gasteiger partial charge in [0.05, 0.1) is 6.61 Å². The highest BCUT2D eigenvalue weighted by Gasteiger charge is 2.01. The van der Waals surface area contributed by atoms with Crippen molar-refractivity contribution in [1.29, 1.82) is 0 Å². The molecule has 0 spiro atoms. The number of halogens is 2. The molecule has 1 rings (SSSR count). The SMILES string of the molecule is CCSCCCOc1cc(F)cc(CCl)c1. The number of thioether (sulfide) groups is 1. The lowest BCUT2D eigenvalue weighted by atomic mass is 10.2. The minimum atomic E-state index is -0.295. The van der Waals surface area contributed by atoms with Crippen molar-refractivity contribution in [3.63, 3.8) is 0 Å². The van der Waals surface area contributed by atoms with Crippen LogP contribution >= 0.6 is 23.4 Å². The Bertz CT molecular complexity index is 320. The van der Waals surface area contributed by atoms with Gasteiger partial charge in [-0.3, -0.25) is 0 Å². The Balaban J connectivity index is 2.38. The molecular weight excluding hydrogens is 247 g/mol. The summed E-state index contributed by atoms with van der Waals surface area (Å²) < 4.78 is 18.6. The van der Waals surface area contributed by atoms with Gasteiger partial charge < -0.3 is 4.74 Å². The van der Waals surface area contributed by atoms with Gasteiger partial charge in [-0.15, -0.1) is 11.6 Å². The quantitative estimate of drug-likeness (QED) is 0.541. The van der Waals surface area contributed by atoms with Gasteiger partial charge in [0, 0.05) is 11.9 Å². The molecule has 0 saturated carbocycles. The van der Waals surface area contributed by atoms with E-state index in [1.165, 1.54) is 12.1 Å². The molecule has 1 aromatic carbocycles. The van der Waals surface area contributed by atoms with Crippen LogP contribution in [0.1, 0.15) is 18.9 Å². The molecule has 0 unspecified atom stereocenters. The van der Waals surface area contributed by atoms with Crippen molar-refractivity contribution < 1.29 is 9.13 Å². The zero-order valence-corrected chi connectivity index (χ0v) is 10.9. The minimum Gasteiger partial charge on any atom is -0.493 e. The third kappa shape index (κ3) is 5.08. The molecule has 0 aliphatic carbocycles. The molecule has 0 aromatic heterocycles. The fraction of sp³-hybridized carbons (Fsp3) is 0.500. The smallest absolute Gasteiger partial charge is 0.127 e. The maximum atomic E-state index is 13.1. The van der Waals surface area contributed by atoms with Crippen LogP contribution in [0, 0.1) is 5.82 Å². The van der Waals surface area contributed by atoms with Crippen LogP contribution in [0.3, 0.4) is 0 Å². The van der Waals surface area contributed by atoms with Gasteiger partial charge in [-0.1, -0.05) is 6.92 Å². The van der Waals surface area contributed by atoms with Crippen LogP contribution in [0.2, 0.25) is 0 Å². The van der Waals surface area contributed by atoms with E-state index < -0.39 is 0 Å². The van der Waals surface area contributed by atoms with Crippen LogP contribution in [0.5, 0.6) is 5.75 Å². The topological polar surface area (TPSA) is 9.23 Å². The Morgan fingerprint density at radius 1 is 1.38 bits per heavy atom. The molecule has 0 N–H and O–H groups in total. The molecule has 0 radical (unpaired) electrons. The van der Waals surface area contributed by atoms with Crippen molar-refractivity contribution in [2.24, 2.45) is 0 Å². The lowest BCUT2D eigenvalue weighted by Gasteiger charge is -2.07. The van der Waals surface area contributed by atoms with Crippen LogP contribution in [-0.4, -0.2) is 18.1 Å². The van der Waals surface area contributed by atoms with E-state index >= 15 is 0 Å². The van der Waals surface area contributed by atoms with Crippen molar-refractivity contribution in [2.45, 2.75) is 19.2 Å². The first kappa shape index (κ1) is 13.7. The Morgan fingerprint density at radius 2 is 2.19 bits per heavy atom. The second kappa shape index (κ2) is 7.80. The zero-order chi connectivity index (χ0) is 11.8. The fourth-order valence-electron chi connectivity index (χ4n) is 1.28. The molecule has 0 fully saturated rings. The summed E-state index contributed by atoms with van der Waals surface area (Å²) in [5.41, 5.74) is 0.750. The molecule has 1 aromatic rings. The summed E-state index contributed by atoms with van der Waals surface area (Å²) in [6, 6.07) is 4.60. The standard InChI is InChI=1S/C12H16ClFOS/c1-2-16-5-3-4-15-12-7-10(9-13)6-11(14)8-12/h6-8H,2-5,9H2,1H3. The first-order valence-electron chi connectivity index (χ1n) is 5.32. The van der Waals surface area contributed by atoms with Crippen LogP contribution in [0.25, 0.3) is 0 Å². The van der Waals surface area contributed by atoms with Crippen molar-refractivity contribution in [2.75, 3.05) is 18.1 Å². The van der Waals surface area contributed by atoms with Crippen molar-refractivity contribution in [3.8, 4) is 5.75 Å². The van der Waals surface area contributed by atoms with E-state index in [1.54, 1.807) is 6.07 Å². The van der Waals surface area contributed by atoms with Crippen molar-refractivity contribution in [1.82, 2.24) is 0 Å². The Labute approximate surface area is 105 Å². The molecule has 0 aliphatic rings. The molecule has 0 amide bonds. The van der Waals surface area contributed by atoms with Gasteiger partial charge in [-0.2, -0.15) is 11.8 Å². The number of hydrogen-bond donors (Lipinski definition) is 0. The monoisotopic (exact) mass is 262 g/mol. The maximum absolute atomic E-state index is 13.1. The second-order valence-electron chi connectivity index (χ2n) is 3.33. The molecule has 0 atom stereocenters. The average molecular weight is 263 g/mol. The third-order valence-corrected chi connectivity index (χ3v) is 3.29. The predicted molar refractivity (Wildman–Crippen MR) is 69.1 cm³/mol. The Hall–Kier alpha value is -0.410. The highest BCUT2D eigenvalue weighted by Crippen LogP contribution is 2.18. The summed E-state index contributed by atoms with van der Waals surface area (Å²) >= 11 is 7.53. The summed E-state index contributed by atoms with van der Waals surface area (Å²) in [4.78, 5) is 0.